The van der Waals surface area contributed by atoms with Crippen LogP contribution in [0.1, 0.15) is 28.4 Å². The van der Waals surface area contributed by atoms with Gasteiger partial charge in [0.05, 0.1) is 12.7 Å². The van der Waals surface area contributed by atoms with Gasteiger partial charge in [0.1, 0.15) is 0 Å². The van der Waals surface area contributed by atoms with Crippen molar-refractivity contribution in [2.45, 2.75) is 20.0 Å². The summed E-state index contributed by atoms with van der Waals surface area (Å²) in [5, 5.41) is 8.64. The maximum Gasteiger partial charge on any atom is 0.328 e. The third-order valence-corrected chi connectivity index (χ3v) is 3.45. The van der Waals surface area contributed by atoms with Crippen LogP contribution in [-0.2, 0) is 9.53 Å². The SMILES string of the molecule is Cc1cc(C(=O)N2CCOC(C)C2)ccc1/C=C/C(=O)O. The van der Waals surface area contributed by atoms with Crippen LogP contribution in [0.3, 0.4) is 0 Å². The molecule has 21 heavy (non-hydrogen) atoms. The van der Waals surface area contributed by atoms with E-state index in [1.165, 1.54) is 6.08 Å². The molecule has 1 atom stereocenters. The van der Waals surface area contributed by atoms with Gasteiger partial charge >= 0.3 is 5.97 Å². The number of nitrogens with zero attached hydrogens (tertiary/aromatic N) is 1. The second kappa shape index (κ2) is 6.54. The number of aliphatic carboxylic acids is 1. The number of aryl methyl sites for hydroxylation is 1. The van der Waals surface area contributed by atoms with E-state index in [0.717, 1.165) is 17.2 Å². The number of ether oxygens (including phenoxy) is 1. The maximum absolute atomic E-state index is 12.4. The highest BCUT2D eigenvalue weighted by Gasteiger charge is 2.22. The number of hydrogen-bond donors (Lipinski definition) is 1. The summed E-state index contributed by atoms with van der Waals surface area (Å²) in [6, 6.07) is 5.30. The number of morpholine rings is 1. The molecule has 2 rings (SSSR count). The summed E-state index contributed by atoms with van der Waals surface area (Å²) in [5.41, 5.74) is 2.29. The summed E-state index contributed by atoms with van der Waals surface area (Å²) in [6.45, 7) is 5.57. The van der Waals surface area contributed by atoms with Crippen LogP contribution in [0.25, 0.3) is 6.08 Å². The van der Waals surface area contributed by atoms with Gasteiger partial charge < -0.3 is 14.7 Å². The van der Waals surface area contributed by atoms with Crippen molar-refractivity contribution in [1.29, 1.82) is 0 Å². The van der Waals surface area contributed by atoms with Crippen LogP contribution < -0.4 is 0 Å². The Morgan fingerprint density at radius 3 is 2.81 bits per heavy atom. The first-order chi connectivity index (χ1) is 9.97. The average molecular weight is 289 g/mol. The highest BCUT2D eigenvalue weighted by Crippen LogP contribution is 2.16. The Kier molecular flexibility index (Phi) is 4.75. The van der Waals surface area contributed by atoms with Crippen molar-refractivity contribution in [3.05, 3.63) is 41.0 Å². The fraction of sp³-hybridized carbons (Fsp3) is 0.375. The molecule has 5 nitrogen and oxygen atoms in total. The van der Waals surface area contributed by atoms with E-state index in [9.17, 15) is 9.59 Å². The smallest absolute Gasteiger partial charge is 0.328 e. The number of carbonyl (C=O) groups is 2. The van der Waals surface area contributed by atoms with Crippen LogP contribution in [0.2, 0.25) is 0 Å². The van der Waals surface area contributed by atoms with Gasteiger partial charge in [-0.1, -0.05) is 6.07 Å². The summed E-state index contributed by atoms with van der Waals surface area (Å²) in [7, 11) is 0. The molecule has 0 bridgehead atoms. The van der Waals surface area contributed by atoms with Crippen molar-refractivity contribution in [2.24, 2.45) is 0 Å². The van der Waals surface area contributed by atoms with Crippen LogP contribution in [0.4, 0.5) is 0 Å². The lowest BCUT2D eigenvalue weighted by molar-refractivity contribution is -0.131. The molecule has 1 N–H and O–H groups in total. The van der Waals surface area contributed by atoms with E-state index >= 15 is 0 Å². The van der Waals surface area contributed by atoms with Crippen molar-refractivity contribution in [1.82, 2.24) is 4.90 Å². The summed E-state index contributed by atoms with van der Waals surface area (Å²) < 4.78 is 5.43. The maximum atomic E-state index is 12.4. The molecule has 1 aromatic rings. The molecule has 0 radical (unpaired) electrons. The van der Waals surface area contributed by atoms with Crippen LogP contribution in [0.5, 0.6) is 0 Å². The van der Waals surface area contributed by atoms with Crippen LogP contribution in [0, 0.1) is 6.92 Å². The van der Waals surface area contributed by atoms with E-state index in [0.29, 0.717) is 25.3 Å². The Morgan fingerprint density at radius 1 is 1.43 bits per heavy atom. The molecule has 1 amide bonds. The lowest BCUT2D eigenvalue weighted by Crippen LogP contribution is -2.44. The summed E-state index contributed by atoms with van der Waals surface area (Å²) >= 11 is 0. The van der Waals surface area contributed by atoms with Gasteiger partial charge in [-0.2, -0.15) is 0 Å². The van der Waals surface area contributed by atoms with E-state index < -0.39 is 5.97 Å². The Hall–Kier alpha value is -2.14. The standard InChI is InChI=1S/C16H19NO4/c1-11-9-14(4-3-13(11)5-6-15(18)19)16(20)17-7-8-21-12(2)10-17/h3-6,9,12H,7-8,10H2,1-2H3,(H,18,19)/b6-5+. The fourth-order valence-corrected chi connectivity index (χ4v) is 2.34. The zero-order chi connectivity index (χ0) is 15.4. The Labute approximate surface area is 123 Å². The van der Waals surface area contributed by atoms with Gasteiger partial charge in [-0.3, -0.25) is 4.79 Å². The lowest BCUT2D eigenvalue weighted by Gasteiger charge is -2.31. The molecule has 1 unspecified atom stereocenters. The van der Waals surface area contributed by atoms with E-state index in [-0.39, 0.29) is 12.0 Å². The van der Waals surface area contributed by atoms with Crippen molar-refractivity contribution >= 4 is 18.0 Å². The molecule has 0 aromatic heterocycles. The predicted molar refractivity (Wildman–Crippen MR) is 79.2 cm³/mol. The first-order valence-corrected chi connectivity index (χ1v) is 6.90. The Morgan fingerprint density at radius 2 is 2.19 bits per heavy atom. The number of carboxylic acids is 1. The number of amides is 1. The molecule has 1 aliphatic heterocycles. The molecule has 1 heterocycles. The van der Waals surface area contributed by atoms with Crippen molar-refractivity contribution < 1.29 is 19.4 Å². The average Bonchev–Trinajstić information content (AvgIpc) is 2.45. The number of carboxylic acid groups (broad SMARTS) is 1. The third kappa shape index (κ3) is 3.92. The highest BCUT2D eigenvalue weighted by molar-refractivity contribution is 5.95. The quantitative estimate of drug-likeness (QED) is 0.864. The fourth-order valence-electron chi connectivity index (χ4n) is 2.34. The van der Waals surface area contributed by atoms with Gasteiger partial charge in [-0.25, -0.2) is 4.79 Å². The topological polar surface area (TPSA) is 66.8 Å². The van der Waals surface area contributed by atoms with Gasteiger partial charge in [0, 0.05) is 24.7 Å². The van der Waals surface area contributed by atoms with Crippen LogP contribution in [0.15, 0.2) is 24.3 Å². The molecule has 0 spiro atoms. The summed E-state index contributed by atoms with van der Waals surface area (Å²) in [6.07, 6.45) is 2.68. The summed E-state index contributed by atoms with van der Waals surface area (Å²) in [4.78, 5) is 24.8. The zero-order valence-corrected chi connectivity index (χ0v) is 12.2. The minimum atomic E-state index is -0.989. The molecule has 0 aliphatic carbocycles. The zero-order valence-electron chi connectivity index (χ0n) is 12.2. The Balaban J connectivity index is 2.15. The van der Waals surface area contributed by atoms with E-state index in [2.05, 4.69) is 0 Å². The van der Waals surface area contributed by atoms with Crippen molar-refractivity contribution in [3.63, 3.8) is 0 Å². The Bertz CT molecular complexity index is 580. The third-order valence-electron chi connectivity index (χ3n) is 3.45. The number of benzene rings is 1. The molecule has 1 aliphatic rings. The van der Waals surface area contributed by atoms with E-state index in [4.69, 9.17) is 9.84 Å². The first-order valence-electron chi connectivity index (χ1n) is 6.90. The lowest BCUT2D eigenvalue weighted by atomic mass is 10.0. The monoisotopic (exact) mass is 289 g/mol. The van der Waals surface area contributed by atoms with Gasteiger partial charge in [-0.05, 0) is 43.2 Å². The second-order valence-electron chi connectivity index (χ2n) is 5.18. The number of hydrogen-bond acceptors (Lipinski definition) is 3. The molecule has 0 saturated carbocycles. The second-order valence-corrected chi connectivity index (χ2v) is 5.18. The van der Waals surface area contributed by atoms with E-state index in [1.54, 1.807) is 23.1 Å². The minimum Gasteiger partial charge on any atom is -0.478 e. The van der Waals surface area contributed by atoms with E-state index in [1.807, 2.05) is 13.8 Å². The van der Waals surface area contributed by atoms with Gasteiger partial charge in [0.15, 0.2) is 0 Å². The molecule has 5 heteroatoms. The van der Waals surface area contributed by atoms with Gasteiger partial charge in [0.25, 0.3) is 5.91 Å². The largest absolute Gasteiger partial charge is 0.478 e. The molecule has 1 fully saturated rings. The predicted octanol–water partition coefficient (Wildman–Crippen LogP) is 1.95. The van der Waals surface area contributed by atoms with Crippen LogP contribution >= 0.6 is 0 Å². The van der Waals surface area contributed by atoms with Gasteiger partial charge in [-0.15, -0.1) is 0 Å². The summed E-state index contributed by atoms with van der Waals surface area (Å²) in [5.74, 6) is -1.00. The van der Waals surface area contributed by atoms with Crippen molar-refractivity contribution in [3.8, 4) is 0 Å². The van der Waals surface area contributed by atoms with Crippen LogP contribution in [-0.4, -0.2) is 47.7 Å². The highest BCUT2D eigenvalue weighted by atomic mass is 16.5. The molecule has 1 saturated heterocycles. The molecular formula is C16H19NO4. The van der Waals surface area contributed by atoms with Gasteiger partial charge in [0.2, 0.25) is 0 Å². The number of rotatable bonds is 3. The first kappa shape index (κ1) is 15.3. The molecule has 1 aromatic carbocycles. The normalized spacial score (nSPS) is 19.0. The molecular weight excluding hydrogens is 270 g/mol. The molecule has 112 valence electrons. The number of carbonyl (C=O) groups excluding carboxylic acids is 1. The van der Waals surface area contributed by atoms with Crippen molar-refractivity contribution in [2.75, 3.05) is 19.7 Å². The minimum absolute atomic E-state index is 0.0120.